The van der Waals surface area contributed by atoms with Crippen LogP contribution in [-0.2, 0) is 6.54 Å². The Balaban J connectivity index is 1.83. The van der Waals surface area contributed by atoms with Crippen LogP contribution < -0.4 is 14.2 Å². The summed E-state index contributed by atoms with van der Waals surface area (Å²) in [5.74, 6) is 1.69. The molecule has 0 aliphatic heterocycles. The number of pyridine rings is 1. The summed E-state index contributed by atoms with van der Waals surface area (Å²) in [6.07, 6.45) is 1.77. The van der Waals surface area contributed by atoms with Crippen molar-refractivity contribution in [3.05, 3.63) is 65.2 Å². The lowest BCUT2D eigenvalue weighted by molar-refractivity contribution is 0.324. The van der Waals surface area contributed by atoms with E-state index in [4.69, 9.17) is 14.2 Å². The van der Waals surface area contributed by atoms with Crippen LogP contribution in [0.15, 0.2) is 64.8 Å². The van der Waals surface area contributed by atoms with Crippen molar-refractivity contribution in [2.24, 2.45) is 5.18 Å². The van der Waals surface area contributed by atoms with Crippen molar-refractivity contribution in [1.29, 1.82) is 0 Å². The molecule has 7 nitrogen and oxygen atoms in total. The Kier molecular flexibility index (Phi) is 7.26. The Labute approximate surface area is 180 Å². The van der Waals surface area contributed by atoms with Gasteiger partial charge in [0.05, 0.1) is 31.9 Å². The van der Waals surface area contributed by atoms with E-state index in [1.54, 1.807) is 39.7 Å². The maximum Gasteiger partial charge on any atom is 0.203 e. The zero-order valence-corrected chi connectivity index (χ0v) is 18.1. The van der Waals surface area contributed by atoms with E-state index < -0.39 is 0 Å². The van der Waals surface area contributed by atoms with Crippen LogP contribution in [0, 0.1) is 4.91 Å². The summed E-state index contributed by atoms with van der Waals surface area (Å²) in [6, 6.07) is 15.0. The maximum absolute atomic E-state index is 11.0. The number of nitrogens with zero attached hydrogens (tertiary/aromatic N) is 3. The van der Waals surface area contributed by atoms with Crippen LogP contribution in [0.5, 0.6) is 17.2 Å². The molecular formula is C22H23N3O4S. The second-order valence-electron chi connectivity index (χ2n) is 6.40. The number of aromatic nitrogens is 1. The van der Waals surface area contributed by atoms with Gasteiger partial charge in [-0.2, -0.15) is 0 Å². The highest BCUT2D eigenvalue weighted by atomic mass is 32.2. The SMILES string of the molecule is COc1cc(-c2cc(CN(C)Sc3ccccc3N=O)ccn2)cc(OC)c1OC. The molecule has 0 aliphatic rings. The van der Waals surface area contributed by atoms with Gasteiger partial charge >= 0.3 is 0 Å². The minimum Gasteiger partial charge on any atom is -0.493 e. The van der Waals surface area contributed by atoms with Crippen molar-refractivity contribution in [2.45, 2.75) is 11.4 Å². The lowest BCUT2D eigenvalue weighted by Crippen LogP contribution is -2.08. The van der Waals surface area contributed by atoms with Gasteiger partial charge in [0, 0.05) is 18.3 Å². The van der Waals surface area contributed by atoms with Crippen molar-refractivity contribution in [2.75, 3.05) is 28.4 Å². The Hall–Kier alpha value is -3.10. The second kappa shape index (κ2) is 10.1. The normalized spacial score (nSPS) is 10.7. The lowest BCUT2D eigenvalue weighted by Gasteiger charge is -2.17. The number of benzene rings is 2. The molecule has 0 radical (unpaired) electrons. The summed E-state index contributed by atoms with van der Waals surface area (Å²) < 4.78 is 18.3. The van der Waals surface area contributed by atoms with Gasteiger partial charge in [0.1, 0.15) is 5.69 Å². The standard InChI is InChI=1S/C22H23N3O4S/c1-25(30-21-8-6-5-7-17(21)24-26)14-15-9-10-23-18(11-15)16-12-19(27-2)22(29-4)20(13-16)28-3/h5-13H,14H2,1-4H3. The molecule has 0 atom stereocenters. The van der Waals surface area contributed by atoms with E-state index in [9.17, 15) is 4.91 Å². The molecule has 0 bridgehead atoms. The fourth-order valence-corrected chi connectivity index (χ4v) is 3.91. The van der Waals surface area contributed by atoms with Gasteiger partial charge in [-0.25, -0.2) is 4.31 Å². The van der Waals surface area contributed by atoms with Crippen molar-refractivity contribution in [1.82, 2.24) is 9.29 Å². The average Bonchev–Trinajstić information content (AvgIpc) is 2.78. The third-order valence-electron chi connectivity index (χ3n) is 4.41. The van der Waals surface area contributed by atoms with E-state index in [-0.39, 0.29) is 0 Å². The number of hydrogen-bond acceptors (Lipinski definition) is 8. The monoisotopic (exact) mass is 425 g/mol. The first-order valence-corrected chi connectivity index (χ1v) is 9.93. The molecule has 0 spiro atoms. The molecule has 0 saturated heterocycles. The molecule has 0 fully saturated rings. The summed E-state index contributed by atoms with van der Waals surface area (Å²) in [5.41, 5.74) is 3.15. The molecule has 0 N–H and O–H groups in total. The highest BCUT2D eigenvalue weighted by Gasteiger charge is 2.15. The molecule has 30 heavy (non-hydrogen) atoms. The largest absolute Gasteiger partial charge is 0.493 e. The van der Waals surface area contributed by atoms with Crippen LogP contribution in [0.4, 0.5) is 5.69 Å². The van der Waals surface area contributed by atoms with Crippen LogP contribution in [0.3, 0.4) is 0 Å². The topological polar surface area (TPSA) is 73.2 Å². The minimum absolute atomic E-state index is 0.433. The van der Waals surface area contributed by atoms with Gasteiger partial charge in [0.15, 0.2) is 11.5 Å². The predicted octanol–water partition coefficient (Wildman–Crippen LogP) is 5.31. The van der Waals surface area contributed by atoms with Gasteiger partial charge in [-0.1, -0.05) is 12.1 Å². The first-order chi connectivity index (χ1) is 14.6. The molecule has 3 rings (SSSR count). The van der Waals surface area contributed by atoms with E-state index in [0.29, 0.717) is 29.5 Å². The predicted molar refractivity (Wildman–Crippen MR) is 119 cm³/mol. The van der Waals surface area contributed by atoms with Gasteiger partial charge in [0.2, 0.25) is 5.75 Å². The number of methoxy groups -OCH3 is 3. The number of hydrogen-bond donors (Lipinski definition) is 0. The number of nitroso groups, excluding NO2 is 1. The summed E-state index contributed by atoms with van der Waals surface area (Å²) in [5, 5.41) is 3.09. The third-order valence-corrected chi connectivity index (χ3v) is 5.39. The molecule has 1 aromatic heterocycles. The third kappa shape index (κ3) is 4.90. The Bertz CT molecular complexity index is 1000. The first kappa shape index (κ1) is 21.6. The Morgan fingerprint density at radius 2 is 1.70 bits per heavy atom. The molecular weight excluding hydrogens is 402 g/mol. The fraction of sp³-hybridized carbons (Fsp3) is 0.227. The zero-order chi connectivity index (χ0) is 21.5. The van der Waals surface area contributed by atoms with E-state index in [2.05, 4.69) is 10.2 Å². The molecule has 0 amide bonds. The fourth-order valence-electron chi connectivity index (χ4n) is 3.03. The van der Waals surface area contributed by atoms with E-state index in [1.807, 2.05) is 47.8 Å². The van der Waals surface area contributed by atoms with Gasteiger partial charge in [0.25, 0.3) is 0 Å². The molecule has 2 aromatic carbocycles. The van der Waals surface area contributed by atoms with Crippen LogP contribution in [0.1, 0.15) is 5.56 Å². The van der Waals surface area contributed by atoms with Gasteiger partial charge in [-0.3, -0.25) is 4.98 Å². The summed E-state index contributed by atoms with van der Waals surface area (Å²) in [6.45, 7) is 0.651. The van der Waals surface area contributed by atoms with Crippen molar-refractivity contribution < 1.29 is 14.2 Å². The van der Waals surface area contributed by atoms with Crippen LogP contribution >= 0.6 is 11.9 Å². The van der Waals surface area contributed by atoms with E-state index >= 15 is 0 Å². The lowest BCUT2D eigenvalue weighted by atomic mass is 10.1. The molecule has 0 aliphatic carbocycles. The van der Waals surface area contributed by atoms with Crippen molar-refractivity contribution in [3.63, 3.8) is 0 Å². The summed E-state index contributed by atoms with van der Waals surface area (Å²) >= 11 is 1.47. The van der Waals surface area contributed by atoms with Crippen LogP contribution in [0.2, 0.25) is 0 Å². The van der Waals surface area contributed by atoms with Gasteiger partial charge < -0.3 is 14.2 Å². The maximum atomic E-state index is 11.0. The number of ether oxygens (including phenoxy) is 3. The second-order valence-corrected chi connectivity index (χ2v) is 7.65. The van der Waals surface area contributed by atoms with Crippen LogP contribution in [-0.4, -0.2) is 37.7 Å². The molecule has 3 aromatic rings. The quantitative estimate of drug-likeness (QED) is 0.340. The summed E-state index contributed by atoms with van der Waals surface area (Å²) in [7, 11) is 6.71. The Morgan fingerprint density at radius 1 is 1.00 bits per heavy atom. The molecule has 0 unspecified atom stereocenters. The Morgan fingerprint density at radius 3 is 2.33 bits per heavy atom. The van der Waals surface area contributed by atoms with E-state index in [1.165, 1.54) is 11.9 Å². The summed E-state index contributed by atoms with van der Waals surface area (Å²) in [4.78, 5) is 16.3. The van der Waals surface area contributed by atoms with Gasteiger partial charge in [-0.05, 0) is 66.1 Å². The average molecular weight is 426 g/mol. The highest BCUT2D eigenvalue weighted by Crippen LogP contribution is 2.41. The van der Waals surface area contributed by atoms with Gasteiger partial charge in [-0.15, -0.1) is 4.91 Å². The molecule has 0 saturated carbocycles. The highest BCUT2D eigenvalue weighted by molar-refractivity contribution is 7.97. The minimum atomic E-state index is 0.433. The van der Waals surface area contributed by atoms with Crippen molar-refractivity contribution >= 4 is 17.6 Å². The molecule has 156 valence electrons. The molecule has 1 heterocycles. The zero-order valence-electron chi connectivity index (χ0n) is 17.3. The smallest absolute Gasteiger partial charge is 0.203 e. The molecule has 8 heteroatoms. The van der Waals surface area contributed by atoms with Crippen LogP contribution in [0.25, 0.3) is 11.3 Å². The number of rotatable bonds is 9. The van der Waals surface area contributed by atoms with E-state index in [0.717, 1.165) is 21.7 Å². The van der Waals surface area contributed by atoms with Crippen molar-refractivity contribution in [3.8, 4) is 28.5 Å². The first-order valence-electron chi connectivity index (χ1n) is 9.16.